The Balaban J connectivity index is 1.38. The maximum Gasteiger partial charge on any atom is 0.416 e. The van der Waals surface area contributed by atoms with Crippen LogP contribution in [-0.4, -0.2) is 29.2 Å². The number of hydrogen-bond acceptors (Lipinski definition) is 4. The van der Waals surface area contributed by atoms with Gasteiger partial charge in [-0.25, -0.2) is 4.39 Å². The molecule has 33 heavy (non-hydrogen) atoms. The lowest BCUT2D eigenvalue weighted by Gasteiger charge is -2.29. The van der Waals surface area contributed by atoms with Crippen LogP contribution in [0.1, 0.15) is 34.5 Å². The van der Waals surface area contributed by atoms with Crippen molar-refractivity contribution in [2.24, 2.45) is 0 Å². The molecule has 1 N–H and O–H groups in total. The molecule has 0 radical (unpaired) electrons. The summed E-state index contributed by atoms with van der Waals surface area (Å²) in [7, 11) is 0. The lowest BCUT2D eigenvalue weighted by atomic mass is 9.98. The van der Waals surface area contributed by atoms with Gasteiger partial charge in [-0.2, -0.15) is 13.2 Å². The average Bonchev–Trinajstić information content (AvgIpc) is 2.81. The number of rotatable bonds is 4. The minimum Gasteiger partial charge on any atom is -0.354 e. The lowest BCUT2D eigenvalue weighted by molar-refractivity contribution is -0.137. The van der Waals surface area contributed by atoms with Crippen molar-refractivity contribution < 1.29 is 22.4 Å². The molecular formula is C24H20F4N4O. The van der Waals surface area contributed by atoms with E-state index in [0.717, 1.165) is 11.6 Å². The molecule has 0 spiro atoms. The van der Waals surface area contributed by atoms with Crippen molar-refractivity contribution in [1.82, 2.24) is 10.2 Å². The molecule has 0 atom stereocenters. The molecule has 4 rings (SSSR count). The van der Waals surface area contributed by atoms with Crippen LogP contribution in [0.15, 0.2) is 66.2 Å². The number of piperidine rings is 1. The van der Waals surface area contributed by atoms with E-state index in [9.17, 15) is 22.4 Å². The maximum atomic E-state index is 13.2. The van der Waals surface area contributed by atoms with E-state index in [2.05, 4.69) is 15.5 Å². The third-order valence-electron chi connectivity index (χ3n) is 5.34. The fourth-order valence-electron chi connectivity index (χ4n) is 3.61. The van der Waals surface area contributed by atoms with Gasteiger partial charge in [0.15, 0.2) is 11.5 Å². The molecule has 0 bridgehead atoms. The summed E-state index contributed by atoms with van der Waals surface area (Å²) in [6.07, 6.45) is -1.58. The number of anilines is 2. The third kappa shape index (κ3) is 5.54. The van der Waals surface area contributed by atoms with Gasteiger partial charge in [0.05, 0.1) is 5.56 Å². The highest BCUT2D eigenvalue weighted by Crippen LogP contribution is 2.34. The van der Waals surface area contributed by atoms with Crippen molar-refractivity contribution in [1.29, 1.82) is 0 Å². The van der Waals surface area contributed by atoms with Crippen LogP contribution in [-0.2, 0) is 6.18 Å². The Morgan fingerprint density at radius 2 is 1.64 bits per heavy atom. The molecule has 5 nitrogen and oxygen atoms in total. The van der Waals surface area contributed by atoms with Crippen LogP contribution in [0.2, 0.25) is 0 Å². The van der Waals surface area contributed by atoms with Crippen LogP contribution < -0.4 is 10.2 Å². The molecular weight excluding hydrogens is 436 g/mol. The van der Waals surface area contributed by atoms with Crippen LogP contribution in [0.4, 0.5) is 29.1 Å². The number of aromatic nitrogens is 2. The van der Waals surface area contributed by atoms with Gasteiger partial charge in [0, 0.05) is 18.8 Å². The Kier molecular flexibility index (Phi) is 6.39. The molecule has 0 unspecified atom stereocenters. The van der Waals surface area contributed by atoms with Gasteiger partial charge < -0.3 is 10.2 Å². The van der Waals surface area contributed by atoms with Gasteiger partial charge in [-0.3, -0.25) is 4.79 Å². The summed E-state index contributed by atoms with van der Waals surface area (Å²) in [6.45, 7) is 1.16. The summed E-state index contributed by atoms with van der Waals surface area (Å²) >= 11 is 0. The van der Waals surface area contributed by atoms with Crippen molar-refractivity contribution in [3.63, 3.8) is 0 Å². The zero-order valence-electron chi connectivity index (χ0n) is 17.4. The zero-order chi connectivity index (χ0) is 23.4. The largest absolute Gasteiger partial charge is 0.416 e. The van der Waals surface area contributed by atoms with Gasteiger partial charge >= 0.3 is 6.18 Å². The SMILES string of the molecule is O=C(Nc1ccc(F)cc1)c1ccc(N2CCC(=Cc3ccccc3C(F)(F)F)CC2)nn1. The molecule has 2 heterocycles. The van der Waals surface area contributed by atoms with E-state index in [1.165, 1.54) is 36.4 Å². The number of nitrogens with one attached hydrogen (secondary N) is 1. The van der Waals surface area contributed by atoms with Crippen molar-refractivity contribution >= 4 is 23.5 Å². The lowest BCUT2D eigenvalue weighted by Crippen LogP contribution is -2.31. The topological polar surface area (TPSA) is 58.1 Å². The quantitative estimate of drug-likeness (QED) is 0.522. The molecule has 2 aromatic carbocycles. The number of carbonyl (C=O) groups is 1. The first-order valence-corrected chi connectivity index (χ1v) is 10.3. The predicted molar refractivity (Wildman–Crippen MR) is 117 cm³/mol. The first-order valence-electron chi connectivity index (χ1n) is 10.3. The summed E-state index contributed by atoms with van der Waals surface area (Å²) < 4.78 is 52.6. The number of halogens is 4. The molecule has 1 aromatic heterocycles. The Morgan fingerprint density at radius 3 is 2.27 bits per heavy atom. The molecule has 1 fully saturated rings. The van der Waals surface area contributed by atoms with Gasteiger partial charge in [-0.1, -0.05) is 29.8 Å². The van der Waals surface area contributed by atoms with E-state index in [1.807, 2.05) is 4.90 Å². The van der Waals surface area contributed by atoms with Crippen molar-refractivity contribution in [3.8, 4) is 0 Å². The Morgan fingerprint density at radius 1 is 0.939 bits per heavy atom. The van der Waals surface area contributed by atoms with Crippen molar-refractivity contribution in [3.05, 3.63) is 88.9 Å². The van der Waals surface area contributed by atoms with Gasteiger partial charge in [0.1, 0.15) is 5.82 Å². The molecule has 170 valence electrons. The normalized spacial score (nSPS) is 14.2. The first-order chi connectivity index (χ1) is 15.8. The number of alkyl halides is 3. The minimum absolute atomic E-state index is 0.115. The monoisotopic (exact) mass is 456 g/mol. The first kappa shape index (κ1) is 22.4. The maximum absolute atomic E-state index is 13.2. The van der Waals surface area contributed by atoms with E-state index in [1.54, 1.807) is 24.3 Å². The van der Waals surface area contributed by atoms with E-state index in [4.69, 9.17) is 0 Å². The highest BCUT2D eigenvalue weighted by atomic mass is 19.4. The van der Waals surface area contributed by atoms with Crippen LogP contribution >= 0.6 is 0 Å². The van der Waals surface area contributed by atoms with Crippen LogP contribution in [0, 0.1) is 5.82 Å². The van der Waals surface area contributed by atoms with Crippen LogP contribution in [0.25, 0.3) is 6.08 Å². The van der Waals surface area contributed by atoms with Gasteiger partial charge in [-0.15, -0.1) is 10.2 Å². The number of hydrogen-bond donors (Lipinski definition) is 1. The van der Waals surface area contributed by atoms with E-state index >= 15 is 0 Å². The number of amides is 1. The van der Waals surface area contributed by atoms with Gasteiger partial charge in [-0.05, 0) is 60.9 Å². The molecule has 3 aromatic rings. The number of nitrogens with zero attached hydrogens (tertiary/aromatic N) is 3. The van der Waals surface area contributed by atoms with E-state index in [-0.39, 0.29) is 11.3 Å². The summed E-state index contributed by atoms with van der Waals surface area (Å²) in [5, 5.41) is 10.7. The molecule has 1 aliphatic rings. The summed E-state index contributed by atoms with van der Waals surface area (Å²) in [6, 6.07) is 14.1. The van der Waals surface area contributed by atoms with Crippen LogP contribution in [0.5, 0.6) is 0 Å². The average molecular weight is 456 g/mol. The molecule has 1 saturated heterocycles. The smallest absolute Gasteiger partial charge is 0.354 e. The molecule has 1 amide bonds. The fraction of sp³-hybridized carbons (Fsp3) is 0.208. The highest BCUT2D eigenvalue weighted by molar-refractivity contribution is 6.02. The number of benzene rings is 2. The zero-order valence-corrected chi connectivity index (χ0v) is 17.4. The van der Waals surface area contributed by atoms with Crippen molar-refractivity contribution in [2.75, 3.05) is 23.3 Å². The molecule has 9 heteroatoms. The Hall–Kier alpha value is -3.75. The second kappa shape index (κ2) is 9.40. The minimum atomic E-state index is -4.39. The predicted octanol–water partition coefficient (Wildman–Crippen LogP) is 5.57. The highest BCUT2D eigenvalue weighted by Gasteiger charge is 2.32. The molecule has 1 aliphatic heterocycles. The Labute approximate surface area is 187 Å². The van der Waals surface area contributed by atoms with Gasteiger partial charge in [0.25, 0.3) is 5.91 Å². The Bertz CT molecular complexity index is 1150. The van der Waals surface area contributed by atoms with E-state index in [0.29, 0.717) is 37.4 Å². The molecule has 0 aliphatic carbocycles. The second-order valence-corrected chi connectivity index (χ2v) is 7.61. The molecule has 0 saturated carbocycles. The summed E-state index contributed by atoms with van der Waals surface area (Å²) in [5.74, 6) is -0.280. The summed E-state index contributed by atoms with van der Waals surface area (Å²) in [5.41, 5.74) is 1.02. The third-order valence-corrected chi connectivity index (χ3v) is 5.34. The standard InChI is InChI=1S/C24H20F4N4O/c25-18-5-7-19(8-6-18)29-23(33)21-9-10-22(31-30-21)32-13-11-16(12-14-32)15-17-3-1-2-4-20(17)24(26,27)28/h1-10,15H,11-14H2,(H,29,33). The van der Waals surface area contributed by atoms with Gasteiger partial charge in [0.2, 0.25) is 0 Å². The fourth-order valence-corrected chi connectivity index (χ4v) is 3.61. The number of carbonyl (C=O) groups excluding carboxylic acids is 1. The van der Waals surface area contributed by atoms with Crippen molar-refractivity contribution in [2.45, 2.75) is 19.0 Å². The summed E-state index contributed by atoms with van der Waals surface area (Å²) in [4.78, 5) is 14.3. The second-order valence-electron chi connectivity index (χ2n) is 7.61. The van der Waals surface area contributed by atoms with E-state index < -0.39 is 23.5 Å². The van der Waals surface area contributed by atoms with Crippen LogP contribution in [0.3, 0.4) is 0 Å².